The van der Waals surface area contributed by atoms with Gasteiger partial charge in [-0.1, -0.05) is 102 Å². The molecule has 20 nitrogen and oxygen atoms in total. The lowest BCUT2D eigenvalue weighted by molar-refractivity contribution is -0.385. The van der Waals surface area contributed by atoms with E-state index in [0.29, 0.717) is 56.4 Å². The lowest BCUT2D eigenvalue weighted by Crippen LogP contribution is -2.63. The molecule has 2 aliphatic heterocycles. The zero-order valence-corrected chi connectivity index (χ0v) is 56.7. The van der Waals surface area contributed by atoms with Crippen LogP contribution in [0.5, 0.6) is 23.0 Å². The van der Waals surface area contributed by atoms with Crippen molar-refractivity contribution in [2.75, 3.05) is 28.4 Å². The molecule has 0 aromatic heterocycles. The molecule has 8 rings (SSSR count). The van der Waals surface area contributed by atoms with E-state index >= 15 is 0 Å². The van der Waals surface area contributed by atoms with E-state index < -0.39 is 76.4 Å². The third kappa shape index (κ3) is 14.9. The second-order valence-electron chi connectivity index (χ2n) is 26.0. The average molecular weight is 1300 g/mol. The standard InChI is InChI=1S/C68H79N3O17SSi2/c1-64(2,3)90(11,12)87-66(37-44-21-27-52(28-22-44)70(77)78,50-19-15-17-46(33-50)62(75)85-41-48-25-31-54(81-7)35-56(48)83-9)39-58-60(61(73)74)69-59(72)40-68(69,89-58)43-67(88-91(13,14)65(4,5)6,38-45-23-29-53(30-24-45)71(79)80)51-20-16-18-47(34-51)63(76)86-42-49-26-32-55(82-8)36-57(49)84-10/h15-36H,37-43H2,1-14H3,(H,73,74)/t66-,67-,68?/m0/s1. The van der Waals surface area contributed by atoms with Crippen LogP contribution in [0.15, 0.2) is 144 Å². The van der Waals surface area contributed by atoms with Crippen LogP contribution in [0.25, 0.3) is 0 Å². The van der Waals surface area contributed by atoms with Crippen LogP contribution in [0.3, 0.4) is 0 Å². The number of thioether (sulfide) groups is 1. The highest BCUT2D eigenvalue weighted by Gasteiger charge is 2.65. The fourth-order valence-electron chi connectivity index (χ4n) is 11.0. The van der Waals surface area contributed by atoms with Crippen molar-refractivity contribution in [1.82, 2.24) is 4.90 Å². The summed E-state index contributed by atoms with van der Waals surface area (Å²) in [5.41, 5.74) is -0.0658. The summed E-state index contributed by atoms with van der Waals surface area (Å²) in [6.07, 6.45) is -0.377. The maximum Gasteiger partial charge on any atom is 0.353 e. The maximum atomic E-state index is 14.7. The Morgan fingerprint density at radius 1 is 0.582 bits per heavy atom. The molecule has 1 N–H and O–H groups in total. The Morgan fingerprint density at radius 3 is 1.38 bits per heavy atom. The summed E-state index contributed by atoms with van der Waals surface area (Å²) in [5.74, 6) is -1.27. The fraction of sp³-hybridized carbons (Fsp3) is 0.382. The van der Waals surface area contributed by atoms with Crippen LogP contribution in [0.2, 0.25) is 36.3 Å². The SMILES string of the molecule is COc1ccc(COC(=O)c2cccc([C@@](CC3=C(C(=O)O)N4C(=O)CC4(C[C@](Cc4ccc([N+](=O)[O-])cc4)(O[Si](C)(C)C(C)(C)C)c4cccc(C(=O)OCc5ccc(OC)cc5OC)c4)S3)(Cc3ccc([N+](=O)[O-])cc3)O[Si](C)(C)C(C)(C)C)c2)c(OC)c1. The van der Waals surface area contributed by atoms with Gasteiger partial charge < -0.3 is 42.4 Å². The number of carboxylic acid groups (broad SMARTS) is 1. The van der Waals surface area contributed by atoms with E-state index in [1.54, 1.807) is 103 Å². The highest BCUT2D eigenvalue weighted by molar-refractivity contribution is 8.04. The molecule has 0 saturated carbocycles. The minimum Gasteiger partial charge on any atom is -0.497 e. The second kappa shape index (κ2) is 26.8. The zero-order valence-electron chi connectivity index (χ0n) is 53.9. The first-order valence-corrected chi connectivity index (χ1v) is 36.2. The molecule has 23 heteroatoms. The van der Waals surface area contributed by atoms with Gasteiger partial charge >= 0.3 is 17.9 Å². The number of carbonyl (C=O) groups excluding carboxylic acids is 3. The minimum absolute atomic E-state index is 0.00363. The summed E-state index contributed by atoms with van der Waals surface area (Å²) in [6.45, 7) is 20.3. The van der Waals surface area contributed by atoms with Crippen LogP contribution in [0.4, 0.5) is 11.4 Å². The maximum absolute atomic E-state index is 14.7. The van der Waals surface area contributed by atoms with Crippen LogP contribution in [-0.2, 0) is 65.2 Å². The van der Waals surface area contributed by atoms with Gasteiger partial charge in [-0.05, 0) is 107 Å². The quantitative estimate of drug-likeness (QED) is 0.0165. The van der Waals surface area contributed by atoms with Crippen molar-refractivity contribution in [3.8, 4) is 23.0 Å². The predicted octanol–water partition coefficient (Wildman–Crippen LogP) is 14.6. The van der Waals surface area contributed by atoms with Crippen LogP contribution < -0.4 is 18.9 Å². The molecule has 3 atom stereocenters. The number of ether oxygens (including phenoxy) is 6. The molecule has 1 saturated heterocycles. The Kier molecular flexibility index (Phi) is 20.2. The molecule has 0 aliphatic carbocycles. The van der Waals surface area contributed by atoms with Gasteiger partial charge in [0.2, 0.25) is 5.91 Å². The van der Waals surface area contributed by atoms with Gasteiger partial charge in [-0.15, -0.1) is 0 Å². The monoisotopic (exact) mass is 1300 g/mol. The molecule has 0 bridgehead atoms. The molecular formula is C68H79N3O17SSi2. The number of hydrogen-bond donors (Lipinski definition) is 1. The molecule has 1 fully saturated rings. The number of β-lactam (4-membered cyclic amide) rings is 1. The summed E-state index contributed by atoms with van der Waals surface area (Å²) in [6, 6.07) is 36.0. The van der Waals surface area contributed by atoms with Gasteiger partial charge in [-0.25, -0.2) is 14.4 Å². The number of rotatable bonds is 27. The van der Waals surface area contributed by atoms with Gasteiger partial charge in [0.05, 0.1) is 67.0 Å². The van der Waals surface area contributed by atoms with Crippen molar-refractivity contribution in [3.63, 3.8) is 0 Å². The number of non-ortho nitro benzene ring substituents is 2. The third-order valence-corrected chi connectivity index (χ3v) is 28.3. The number of amides is 1. The smallest absolute Gasteiger partial charge is 0.353 e. The number of carbonyl (C=O) groups is 4. The summed E-state index contributed by atoms with van der Waals surface area (Å²) in [4.78, 5) is 81.3. The third-order valence-electron chi connectivity index (χ3n) is 17.8. The van der Waals surface area contributed by atoms with E-state index in [4.69, 9.17) is 37.3 Å². The van der Waals surface area contributed by atoms with E-state index in [-0.39, 0.29) is 78.4 Å². The van der Waals surface area contributed by atoms with Gasteiger partial charge in [0.1, 0.15) is 46.8 Å². The van der Waals surface area contributed by atoms with Gasteiger partial charge in [-0.2, -0.15) is 0 Å². The molecule has 1 amide bonds. The second-order valence-corrected chi connectivity index (χ2v) is 36.9. The van der Waals surface area contributed by atoms with Crippen molar-refractivity contribution >= 4 is 63.6 Å². The number of hydrogen-bond acceptors (Lipinski definition) is 17. The average Bonchev–Trinajstić information content (AvgIpc) is 1.58. The number of fused-ring (bicyclic) bond motifs is 1. The van der Waals surface area contributed by atoms with E-state index in [1.165, 1.54) is 69.4 Å². The molecular weight excluding hydrogens is 1220 g/mol. The molecule has 2 heterocycles. The van der Waals surface area contributed by atoms with E-state index in [9.17, 15) is 44.5 Å². The van der Waals surface area contributed by atoms with E-state index in [1.807, 2.05) is 6.07 Å². The van der Waals surface area contributed by atoms with Crippen LogP contribution in [-0.4, -0.2) is 93.6 Å². The Balaban J connectivity index is 1.30. The highest BCUT2D eigenvalue weighted by atomic mass is 32.2. The Hall–Kier alpha value is -8.36. The minimum atomic E-state index is -3.05. The molecule has 482 valence electrons. The van der Waals surface area contributed by atoms with Crippen molar-refractivity contribution in [2.45, 2.75) is 139 Å². The van der Waals surface area contributed by atoms with Gasteiger partial charge in [0.25, 0.3) is 11.4 Å². The van der Waals surface area contributed by atoms with Crippen molar-refractivity contribution in [2.24, 2.45) is 0 Å². The first-order valence-electron chi connectivity index (χ1n) is 29.6. The van der Waals surface area contributed by atoms with Gasteiger partial charge in [-0.3, -0.25) is 29.9 Å². The van der Waals surface area contributed by atoms with E-state index in [0.717, 1.165) is 0 Å². The van der Waals surface area contributed by atoms with Crippen LogP contribution >= 0.6 is 11.8 Å². The summed E-state index contributed by atoms with van der Waals surface area (Å²) in [7, 11) is -0.0269. The molecule has 0 radical (unpaired) electrons. The first kappa shape index (κ1) is 68.6. The summed E-state index contributed by atoms with van der Waals surface area (Å²) >= 11 is 1.21. The number of carboxylic acids is 1. The predicted molar refractivity (Wildman–Crippen MR) is 349 cm³/mol. The summed E-state index contributed by atoms with van der Waals surface area (Å²) in [5, 5.41) is 34.9. The topological polar surface area (TPSA) is 252 Å². The number of nitro groups is 2. The lowest BCUT2D eigenvalue weighted by atomic mass is 9.78. The largest absolute Gasteiger partial charge is 0.497 e. The molecule has 91 heavy (non-hydrogen) atoms. The molecule has 2 aliphatic rings. The molecule has 6 aromatic carbocycles. The Labute approximate surface area is 536 Å². The van der Waals surface area contributed by atoms with Crippen molar-refractivity contribution < 1.29 is 71.4 Å². The zero-order chi connectivity index (χ0) is 66.6. The molecule has 6 aromatic rings. The normalized spacial score (nSPS) is 16.4. The Bertz CT molecular complexity index is 3790. The Morgan fingerprint density at radius 2 is 1.00 bits per heavy atom. The van der Waals surface area contributed by atoms with Crippen LogP contribution in [0.1, 0.15) is 115 Å². The highest BCUT2D eigenvalue weighted by Crippen LogP contribution is 2.63. The first-order chi connectivity index (χ1) is 42.7. The molecule has 1 unspecified atom stereocenters. The van der Waals surface area contributed by atoms with E-state index in [2.05, 4.69) is 67.7 Å². The number of aliphatic carboxylic acids is 1. The number of methoxy groups -OCH3 is 4. The number of nitro benzene ring substituents is 2. The van der Waals surface area contributed by atoms with Gasteiger partial charge in [0, 0.05) is 78.1 Å². The number of nitrogens with zero attached hydrogens (tertiary/aromatic N) is 3. The fourth-order valence-corrected chi connectivity index (χ4v) is 15.9. The van der Waals surface area contributed by atoms with Crippen molar-refractivity contribution in [3.05, 3.63) is 209 Å². The summed E-state index contributed by atoms with van der Waals surface area (Å²) < 4.78 is 49.4. The van der Waals surface area contributed by atoms with Crippen LogP contribution in [0, 0.1) is 20.2 Å². The van der Waals surface area contributed by atoms with Crippen molar-refractivity contribution in [1.29, 1.82) is 0 Å². The number of esters is 2. The molecule has 0 spiro atoms. The lowest BCUT2D eigenvalue weighted by Gasteiger charge is -2.54. The van der Waals surface area contributed by atoms with Gasteiger partial charge in [0.15, 0.2) is 16.6 Å². The number of benzene rings is 6.